The van der Waals surface area contributed by atoms with E-state index >= 15 is 0 Å². The number of hydrogen-bond donors (Lipinski definition) is 0. The van der Waals surface area contributed by atoms with Crippen LogP contribution in [0.1, 0.15) is 75.9 Å². The summed E-state index contributed by atoms with van der Waals surface area (Å²) < 4.78 is 2.09. The van der Waals surface area contributed by atoms with Crippen LogP contribution in [0.4, 0.5) is 0 Å². The van der Waals surface area contributed by atoms with Crippen LogP contribution in [0.5, 0.6) is 0 Å². The monoisotopic (exact) mass is 274 g/mol. The van der Waals surface area contributed by atoms with E-state index in [1.165, 1.54) is 51.4 Å². The third kappa shape index (κ3) is 3.50. The van der Waals surface area contributed by atoms with Crippen molar-refractivity contribution < 1.29 is 4.79 Å². The summed E-state index contributed by atoms with van der Waals surface area (Å²) in [5.74, 6) is 1.18. The van der Waals surface area contributed by atoms with Crippen molar-refractivity contribution in [1.82, 2.24) is 9.78 Å². The summed E-state index contributed by atoms with van der Waals surface area (Å²) in [6.07, 6.45) is 15.0. The molecule has 0 radical (unpaired) electrons. The highest BCUT2D eigenvalue weighted by atomic mass is 16.1. The molecule has 3 nitrogen and oxygen atoms in total. The molecule has 20 heavy (non-hydrogen) atoms. The van der Waals surface area contributed by atoms with E-state index in [-0.39, 0.29) is 0 Å². The second-order valence-electron chi connectivity index (χ2n) is 6.63. The molecule has 1 aromatic heterocycles. The zero-order valence-corrected chi connectivity index (χ0v) is 12.4. The Labute approximate surface area is 121 Å². The Bertz CT molecular complexity index is 440. The first kappa shape index (κ1) is 13.8. The van der Waals surface area contributed by atoms with Gasteiger partial charge < -0.3 is 0 Å². The highest BCUT2D eigenvalue weighted by molar-refractivity contribution is 5.80. The second-order valence-corrected chi connectivity index (χ2v) is 6.63. The zero-order chi connectivity index (χ0) is 13.8. The van der Waals surface area contributed by atoms with Crippen molar-refractivity contribution in [3.05, 3.63) is 18.0 Å². The minimum Gasteiger partial charge on any atom is -0.299 e. The smallest absolute Gasteiger partial charge is 0.138 e. The van der Waals surface area contributed by atoms with Crippen molar-refractivity contribution in [3.63, 3.8) is 0 Å². The first-order valence-corrected chi connectivity index (χ1v) is 8.37. The number of carbonyl (C=O) groups excluding carboxylic acids is 1. The Morgan fingerprint density at radius 2 is 1.85 bits per heavy atom. The molecule has 2 aliphatic rings. The molecule has 2 fully saturated rings. The number of Topliss-reactive ketones (excluding diaryl/α,β-unsaturated/α-hetero) is 1. The van der Waals surface area contributed by atoms with Gasteiger partial charge in [-0.2, -0.15) is 5.10 Å². The average Bonchev–Trinajstić information content (AvgIpc) is 3.18. The van der Waals surface area contributed by atoms with Crippen molar-refractivity contribution in [1.29, 1.82) is 0 Å². The highest BCUT2D eigenvalue weighted by Gasteiger charge is 2.19. The number of hydrogen-bond acceptors (Lipinski definition) is 2. The van der Waals surface area contributed by atoms with E-state index < -0.39 is 0 Å². The lowest BCUT2D eigenvalue weighted by Crippen LogP contribution is -2.09. The van der Waals surface area contributed by atoms with E-state index in [2.05, 4.69) is 16.0 Å². The minimum absolute atomic E-state index is 0.369. The quantitative estimate of drug-likeness (QED) is 0.783. The first-order chi connectivity index (χ1) is 9.81. The average molecular weight is 274 g/mol. The van der Waals surface area contributed by atoms with Crippen LogP contribution in [-0.2, 0) is 11.2 Å². The van der Waals surface area contributed by atoms with Crippen LogP contribution in [0.15, 0.2) is 12.3 Å². The third-order valence-corrected chi connectivity index (χ3v) is 5.05. The Balaban J connectivity index is 1.45. The van der Waals surface area contributed by atoms with Crippen LogP contribution in [0.25, 0.3) is 0 Å². The fourth-order valence-electron chi connectivity index (χ4n) is 3.80. The molecule has 0 saturated heterocycles. The number of nitrogens with zero attached hydrogens (tertiary/aromatic N) is 2. The second kappa shape index (κ2) is 6.55. The standard InChI is InChI=1S/C17H26N2O/c20-17(10-9-14-5-1-2-6-14)13-15-11-12-19(18-15)16-7-3-4-8-16/h11-12,14,16H,1-10,13H2. The van der Waals surface area contributed by atoms with Gasteiger partial charge in [-0.25, -0.2) is 0 Å². The summed E-state index contributed by atoms with van der Waals surface area (Å²) in [4.78, 5) is 12.1. The van der Waals surface area contributed by atoms with Crippen molar-refractivity contribution in [3.8, 4) is 0 Å². The molecule has 0 unspecified atom stereocenters. The van der Waals surface area contributed by atoms with E-state index in [1.54, 1.807) is 0 Å². The van der Waals surface area contributed by atoms with Crippen LogP contribution in [0, 0.1) is 5.92 Å². The van der Waals surface area contributed by atoms with Gasteiger partial charge in [-0.05, 0) is 31.2 Å². The van der Waals surface area contributed by atoms with Crippen LogP contribution in [0.3, 0.4) is 0 Å². The van der Waals surface area contributed by atoms with Crippen molar-refractivity contribution in [2.24, 2.45) is 5.92 Å². The van der Waals surface area contributed by atoms with Gasteiger partial charge in [0.25, 0.3) is 0 Å². The van der Waals surface area contributed by atoms with E-state index in [0.29, 0.717) is 18.2 Å². The maximum atomic E-state index is 12.1. The number of carbonyl (C=O) groups is 1. The summed E-state index contributed by atoms with van der Waals surface area (Å²) in [6, 6.07) is 2.61. The van der Waals surface area contributed by atoms with Gasteiger partial charge in [-0.1, -0.05) is 38.5 Å². The summed E-state index contributed by atoms with van der Waals surface area (Å²) in [6.45, 7) is 0. The van der Waals surface area contributed by atoms with Gasteiger partial charge in [-0.15, -0.1) is 0 Å². The van der Waals surface area contributed by atoms with Gasteiger partial charge in [0.2, 0.25) is 0 Å². The number of ketones is 1. The van der Waals surface area contributed by atoms with Crippen LogP contribution >= 0.6 is 0 Å². The number of rotatable bonds is 6. The molecule has 0 spiro atoms. The Kier molecular flexibility index (Phi) is 4.54. The molecule has 0 atom stereocenters. The summed E-state index contributed by atoms with van der Waals surface area (Å²) >= 11 is 0. The molecule has 0 N–H and O–H groups in total. The predicted octanol–water partition coefficient (Wildman–Crippen LogP) is 4.08. The maximum Gasteiger partial charge on any atom is 0.138 e. The molecule has 3 heteroatoms. The fraction of sp³-hybridized carbons (Fsp3) is 0.765. The van der Waals surface area contributed by atoms with Crippen LogP contribution < -0.4 is 0 Å². The van der Waals surface area contributed by atoms with Gasteiger partial charge in [0, 0.05) is 12.6 Å². The lowest BCUT2D eigenvalue weighted by atomic mass is 9.99. The molecule has 0 aromatic carbocycles. The SMILES string of the molecule is O=C(CCC1CCCC1)Cc1ccn(C2CCCC2)n1. The molecule has 0 aliphatic heterocycles. The first-order valence-electron chi connectivity index (χ1n) is 8.37. The van der Waals surface area contributed by atoms with Crippen LogP contribution in [0.2, 0.25) is 0 Å². The predicted molar refractivity (Wildman–Crippen MR) is 79.6 cm³/mol. The lowest BCUT2D eigenvalue weighted by molar-refractivity contribution is -0.118. The molecule has 2 aliphatic carbocycles. The fourth-order valence-corrected chi connectivity index (χ4v) is 3.80. The van der Waals surface area contributed by atoms with Crippen LogP contribution in [-0.4, -0.2) is 15.6 Å². The van der Waals surface area contributed by atoms with E-state index in [9.17, 15) is 4.79 Å². The van der Waals surface area contributed by atoms with Crippen molar-refractivity contribution in [2.45, 2.75) is 76.7 Å². The summed E-state index contributed by atoms with van der Waals surface area (Å²) in [7, 11) is 0. The lowest BCUT2D eigenvalue weighted by Gasteiger charge is -2.09. The highest BCUT2D eigenvalue weighted by Crippen LogP contribution is 2.29. The van der Waals surface area contributed by atoms with Crippen molar-refractivity contribution in [2.75, 3.05) is 0 Å². The van der Waals surface area contributed by atoms with E-state index in [0.717, 1.165) is 24.5 Å². The number of aromatic nitrogens is 2. The molecule has 110 valence electrons. The summed E-state index contributed by atoms with van der Waals surface area (Å²) in [5, 5.41) is 4.61. The van der Waals surface area contributed by atoms with Gasteiger partial charge in [-0.3, -0.25) is 9.48 Å². The van der Waals surface area contributed by atoms with Gasteiger partial charge in [0.1, 0.15) is 5.78 Å². The van der Waals surface area contributed by atoms with E-state index in [4.69, 9.17) is 0 Å². The largest absolute Gasteiger partial charge is 0.299 e. The minimum atomic E-state index is 0.369. The molecule has 3 rings (SSSR count). The van der Waals surface area contributed by atoms with Gasteiger partial charge in [0.15, 0.2) is 0 Å². The topological polar surface area (TPSA) is 34.9 Å². The van der Waals surface area contributed by atoms with Crippen molar-refractivity contribution >= 4 is 5.78 Å². The zero-order valence-electron chi connectivity index (χ0n) is 12.4. The summed E-state index contributed by atoms with van der Waals surface area (Å²) in [5.41, 5.74) is 0.966. The Morgan fingerprint density at radius 3 is 2.60 bits per heavy atom. The van der Waals surface area contributed by atoms with E-state index in [1.807, 2.05) is 6.07 Å². The maximum absolute atomic E-state index is 12.1. The van der Waals surface area contributed by atoms with Gasteiger partial charge >= 0.3 is 0 Å². The Hall–Kier alpha value is -1.12. The molecular formula is C17H26N2O. The normalized spacial score (nSPS) is 20.8. The third-order valence-electron chi connectivity index (χ3n) is 5.05. The molecular weight excluding hydrogens is 248 g/mol. The molecule has 0 bridgehead atoms. The Morgan fingerprint density at radius 1 is 1.15 bits per heavy atom. The molecule has 1 heterocycles. The molecule has 2 saturated carbocycles. The van der Waals surface area contributed by atoms with Gasteiger partial charge in [0.05, 0.1) is 18.2 Å². The molecule has 1 aromatic rings. The molecule has 0 amide bonds.